The molecule has 0 fully saturated rings. The van der Waals surface area contributed by atoms with Gasteiger partial charge in [-0.15, -0.1) is 5.98 Å². The van der Waals surface area contributed by atoms with E-state index < -0.39 is 0 Å². The summed E-state index contributed by atoms with van der Waals surface area (Å²) in [4.78, 5) is 19.6. The molecule has 0 bridgehead atoms. The topological polar surface area (TPSA) is 64.7 Å². The first-order chi connectivity index (χ1) is 26.6. The molecule has 0 aliphatic rings. The van der Waals surface area contributed by atoms with E-state index in [0.717, 1.165) is 59.0 Å². The average Bonchev–Trinajstić information content (AvgIpc) is 3.67. The van der Waals surface area contributed by atoms with E-state index in [1.807, 2.05) is 91.0 Å². The molecular formula is C47H38B2N4O. The lowest BCUT2D eigenvalue weighted by molar-refractivity contribution is 0.620. The molecule has 54 heavy (non-hydrogen) atoms. The van der Waals surface area contributed by atoms with Gasteiger partial charge in [-0.25, -0.2) is 19.9 Å². The maximum Gasteiger partial charge on any atom is 0.227 e. The van der Waals surface area contributed by atoms with Crippen LogP contribution >= 0.6 is 0 Å². The lowest BCUT2D eigenvalue weighted by Gasteiger charge is -2.18. The second-order valence-electron chi connectivity index (χ2n) is 13.2. The Hall–Kier alpha value is -6.59. The Morgan fingerprint density at radius 2 is 1.19 bits per heavy atom. The molecule has 0 unspecified atom stereocenters. The molecule has 0 saturated carbocycles. The van der Waals surface area contributed by atoms with Gasteiger partial charge in [-0.2, -0.15) is 0 Å². The zero-order chi connectivity index (χ0) is 37.0. The average molecular weight is 696 g/mol. The van der Waals surface area contributed by atoms with Gasteiger partial charge in [0.05, 0.1) is 0 Å². The molecule has 0 spiro atoms. The molecule has 2 heterocycles. The number of hydrogen-bond donors (Lipinski definition) is 0. The number of hydrogen-bond acceptors (Lipinski definition) is 5. The number of aromatic nitrogens is 4. The Balaban J connectivity index is 1.19. The minimum atomic E-state index is 0.553. The second-order valence-corrected chi connectivity index (χ2v) is 13.2. The molecule has 6 aromatic carbocycles. The first-order valence-electron chi connectivity index (χ1n) is 18.5. The van der Waals surface area contributed by atoms with Crippen molar-refractivity contribution < 1.29 is 4.42 Å². The molecule has 0 aliphatic heterocycles. The molecule has 258 valence electrons. The first kappa shape index (κ1) is 34.5. The zero-order valence-electron chi connectivity index (χ0n) is 30.8. The van der Waals surface area contributed by atoms with Crippen molar-refractivity contribution in [1.82, 2.24) is 19.9 Å². The quantitative estimate of drug-likeness (QED) is 0.133. The van der Waals surface area contributed by atoms with E-state index in [-0.39, 0.29) is 0 Å². The first-order valence-corrected chi connectivity index (χ1v) is 18.5. The molecule has 0 N–H and O–H groups in total. The molecule has 0 radical (unpaired) electrons. The van der Waals surface area contributed by atoms with E-state index in [0.29, 0.717) is 28.9 Å². The van der Waals surface area contributed by atoms with Gasteiger partial charge in [0.15, 0.2) is 30.3 Å². The Labute approximate surface area is 317 Å². The van der Waals surface area contributed by atoms with Crippen LogP contribution in [0.1, 0.15) is 23.6 Å². The third-order valence-corrected chi connectivity index (χ3v) is 9.74. The number of fused-ring (bicyclic) bond motifs is 2. The number of benzene rings is 6. The number of oxazole rings is 1. The van der Waals surface area contributed by atoms with Crippen molar-refractivity contribution in [2.24, 2.45) is 0 Å². The highest BCUT2D eigenvalue weighted by Gasteiger charge is 2.17. The van der Waals surface area contributed by atoms with Crippen LogP contribution in [0.15, 0.2) is 144 Å². The van der Waals surface area contributed by atoms with E-state index in [2.05, 4.69) is 87.8 Å². The van der Waals surface area contributed by atoms with Gasteiger partial charge >= 0.3 is 0 Å². The molecule has 2 aromatic heterocycles. The second kappa shape index (κ2) is 15.2. The minimum Gasteiger partial charge on any atom is -0.436 e. The smallest absolute Gasteiger partial charge is 0.227 e. The van der Waals surface area contributed by atoms with Crippen LogP contribution in [-0.2, 0) is 0 Å². The molecule has 7 heteroatoms. The summed E-state index contributed by atoms with van der Waals surface area (Å²) in [6, 6.07) is 41.0. The van der Waals surface area contributed by atoms with E-state index in [4.69, 9.17) is 24.4 Å². The normalized spacial score (nSPS) is 11.5. The van der Waals surface area contributed by atoms with Crippen molar-refractivity contribution in [3.05, 3.63) is 157 Å². The maximum absolute atomic E-state index is 6.36. The molecule has 0 aliphatic carbocycles. The highest BCUT2D eigenvalue weighted by atomic mass is 16.3. The van der Waals surface area contributed by atoms with Crippen molar-refractivity contribution >= 4 is 60.1 Å². The largest absolute Gasteiger partial charge is 0.436 e. The van der Waals surface area contributed by atoms with Crippen LogP contribution in [0.3, 0.4) is 0 Å². The van der Waals surface area contributed by atoms with Gasteiger partial charge in [0.1, 0.15) is 12.8 Å². The monoisotopic (exact) mass is 696 g/mol. The number of allylic oxidation sites excluding steroid dienone is 1. The summed E-state index contributed by atoms with van der Waals surface area (Å²) >= 11 is 0. The highest BCUT2D eigenvalue weighted by Crippen LogP contribution is 2.35. The summed E-state index contributed by atoms with van der Waals surface area (Å²) in [5.41, 5.74) is 12.2. The fourth-order valence-corrected chi connectivity index (χ4v) is 7.14. The molecule has 8 rings (SSSR count). The molecule has 8 aromatic rings. The summed E-state index contributed by atoms with van der Waals surface area (Å²) in [7, 11) is 1.91. The number of rotatable bonds is 10. The standard InChI is InChI=1S/C47H38B2N4O/c1-5-14-38-37-23-21-33(28-40(37)36(6-2)39(25-26-48-3)43(38)49-4)32-19-13-20-35(27-32)47-50-41-29-34(22-24-42(41)54-47)46-52-44(30-15-9-7-10-16-30)51-45(53-46)31-17-11-8-12-18-31/h5-29,48-49H,2H2,1,3-4H3/b14-5-,26-25-. The van der Waals surface area contributed by atoms with Gasteiger partial charge in [-0.05, 0) is 81.9 Å². The van der Waals surface area contributed by atoms with E-state index in [1.54, 1.807) is 0 Å². The van der Waals surface area contributed by atoms with E-state index in [1.165, 1.54) is 27.4 Å². The van der Waals surface area contributed by atoms with E-state index >= 15 is 0 Å². The summed E-state index contributed by atoms with van der Waals surface area (Å²) in [6.45, 7) is 10.7. The maximum atomic E-state index is 6.36. The summed E-state index contributed by atoms with van der Waals surface area (Å²) < 4.78 is 6.36. The van der Waals surface area contributed by atoms with Crippen LogP contribution in [0, 0.1) is 0 Å². The Kier molecular flexibility index (Phi) is 9.69. The molecular weight excluding hydrogens is 658 g/mol. The van der Waals surface area contributed by atoms with E-state index in [9.17, 15) is 0 Å². The van der Waals surface area contributed by atoms with Crippen molar-refractivity contribution in [2.75, 3.05) is 0 Å². The third kappa shape index (κ3) is 6.61. The minimum absolute atomic E-state index is 0.553. The molecule has 5 nitrogen and oxygen atoms in total. The lowest BCUT2D eigenvalue weighted by atomic mass is 9.65. The SMILES string of the molecule is C=Cc1c(/C=C\BC)c(BC)c(/C=C\C)c2ccc(-c3cccc(-c4nc5cc(-c6nc(-c7ccccc7)nc(-c7ccccc7)n6)ccc5o4)c3)cc12. The van der Waals surface area contributed by atoms with Gasteiger partial charge in [-0.1, -0.05) is 135 Å². The highest BCUT2D eigenvalue weighted by molar-refractivity contribution is 6.55. The summed E-state index contributed by atoms with van der Waals surface area (Å²) in [6.07, 6.45) is 8.63. The van der Waals surface area contributed by atoms with Gasteiger partial charge in [0.25, 0.3) is 0 Å². The van der Waals surface area contributed by atoms with Crippen LogP contribution < -0.4 is 5.46 Å². The number of nitrogens with zero attached hydrogens (tertiary/aromatic N) is 4. The van der Waals surface area contributed by atoms with Gasteiger partial charge < -0.3 is 4.42 Å². The van der Waals surface area contributed by atoms with Crippen molar-refractivity contribution in [1.29, 1.82) is 0 Å². The molecule has 0 atom stereocenters. The predicted octanol–water partition coefficient (Wildman–Crippen LogP) is 10.7. The van der Waals surface area contributed by atoms with Gasteiger partial charge in [-0.3, -0.25) is 0 Å². The Morgan fingerprint density at radius 1 is 0.556 bits per heavy atom. The summed E-state index contributed by atoms with van der Waals surface area (Å²) in [5, 5.41) is 2.42. The third-order valence-electron chi connectivity index (χ3n) is 9.74. The van der Waals surface area contributed by atoms with Crippen LogP contribution in [0.5, 0.6) is 0 Å². The van der Waals surface area contributed by atoms with Crippen molar-refractivity contribution in [2.45, 2.75) is 20.6 Å². The Bertz CT molecular complexity index is 2660. The molecule has 0 saturated heterocycles. The van der Waals surface area contributed by atoms with Crippen LogP contribution in [0.2, 0.25) is 13.6 Å². The van der Waals surface area contributed by atoms with Crippen LogP contribution in [0.25, 0.3) is 96.8 Å². The lowest BCUT2D eigenvalue weighted by Crippen LogP contribution is -2.20. The summed E-state index contributed by atoms with van der Waals surface area (Å²) in [5.74, 6) is 4.59. The van der Waals surface area contributed by atoms with Crippen LogP contribution in [0.4, 0.5) is 0 Å². The predicted molar refractivity (Wildman–Crippen MR) is 232 cm³/mol. The van der Waals surface area contributed by atoms with Gasteiger partial charge in [0, 0.05) is 22.3 Å². The van der Waals surface area contributed by atoms with Gasteiger partial charge in [0.2, 0.25) is 5.89 Å². The van der Waals surface area contributed by atoms with Crippen molar-refractivity contribution in [3.63, 3.8) is 0 Å². The Morgan fingerprint density at radius 3 is 1.83 bits per heavy atom. The van der Waals surface area contributed by atoms with Crippen molar-refractivity contribution in [3.8, 4) is 56.7 Å². The fourth-order valence-electron chi connectivity index (χ4n) is 7.14. The molecule has 0 amide bonds. The fraction of sp³-hybridized carbons (Fsp3) is 0.0638. The zero-order valence-corrected chi connectivity index (χ0v) is 30.8. The van der Waals surface area contributed by atoms with Crippen LogP contribution in [-0.4, -0.2) is 34.5 Å².